The molecule has 5 heteroatoms. The van der Waals surface area contributed by atoms with Gasteiger partial charge >= 0.3 is 5.78 Å². The minimum absolute atomic E-state index is 0.0679. The van der Waals surface area contributed by atoms with E-state index in [2.05, 4.69) is 54.5 Å². The van der Waals surface area contributed by atoms with Crippen LogP contribution in [0.5, 0.6) is 0 Å². The number of aliphatic hydroxyl groups is 2. The molecule has 0 amide bonds. The zero-order valence-corrected chi connectivity index (χ0v) is 24.0. The molecule has 0 spiro atoms. The zero-order valence-electron chi connectivity index (χ0n) is 24.0. The van der Waals surface area contributed by atoms with Gasteiger partial charge in [0.25, 0.3) is 0 Å². The van der Waals surface area contributed by atoms with Gasteiger partial charge in [0.1, 0.15) is 17.4 Å². The Labute approximate surface area is 223 Å². The summed E-state index contributed by atoms with van der Waals surface area (Å²) in [6, 6.07) is 2.26. The Morgan fingerprint density at radius 2 is 1.68 bits per heavy atom. The van der Waals surface area contributed by atoms with E-state index in [9.17, 15) is 25.1 Å². The Bertz CT molecular complexity index is 1100. The zero-order chi connectivity index (χ0) is 27.4. The Hall–Kier alpha value is -1.51. The van der Waals surface area contributed by atoms with E-state index in [0.29, 0.717) is 17.8 Å². The molecule has 204 valence electrons. The fourth-order valence-corrected chi connectivity index (χ4v) is 11.1. The minimum Gasteiger partial charge on any atom is -0.394 e. The molecule has 0 aromatic carbocycles. The standard InChI is InChI=1S/C32H47NO4/c1-27(2)10-12-32(24(36)18-34)13-11-31(7)25(20(32)16-27)21(35)14-23-29(5)15-19(17-33)26(37)28(3,4)22(29)8-9-30(23,31)6/h15,20,22-25,34,36H,8-14,16,18H2,1-7H3/p+1/t20-,22-,23+,24?,25-,29-,30+,31+,32-/m0/s1. The number of carbonyl (C=O) groups is 1. The molecule has 0 aromatic heterocycles. The first kappa shape index (κ1) is 27.1. The molecule has 0 heterocycles. The van der Waals surface area contributed by atoms with E-state index in [-0.39, 0.29) is 57.7 Å². The number of hydrogen-bond acceptors (Lipinski definition) is 4. The summed E-state index contributed by atoms with van der Waals surface area (Å²) in [6.45, 7) is 15.5. The van der Waals surface area contributed by atoms with Crippen LogP contribution in [0.15, 0.2) is 11.6 Å². The normalized spacial score (nSPS) is 48.9. The van der Waals surface area contributed by atoms with Gasteiger partial charge in [-0.1, -0.05) is 40.7 Å². The van der Waals surface area contributed by atoms with Gasteiger partial charge in [0.05, 0.1) is 18.1 Å². The number of ketones is 2. The summed E-state index contributed by atoms with van der Waals surface area (Å²) in [4.78, 5) is 25.5. The maximum absolute atomic E-state index is 14.5. The Kier molecular flexibility index (Phi) is 5.86. The van der Waals surface area contributed by atoms with E-state index < -0.39 is 16.9 Å². The van der Waals surface area contributed by atoms with Crippen molar-refractivity contribution in [1.29, 1.82) is 5.26 Å². The van der Waals surface area contributed by atoms with E-state index in [1.165, 1.54) is 0 Å². The molecule has 4 saturated carbocycles. The highest BCUT2D eigenvalue weighted by Crippen LogP contribution is 2.76. The highest BCUT2D eigenvalue weighted by molar-refractivity contribution is 6.05. The van der Waals surface area contributed by atoms with Crippen LogP contribution in [0, 0.1) is 67.5 Å². The van der Waals surface area contributed by atoms with Gasteiger partial charge in [-0.3, -0.25) is 9.59 Å². The second-order valence-electron chi connectivity index (χ2n) is 15.6. The summed E-state index contributed by atoms with van der Waals surface area (Å²) in [5, 5.41) is 31.2. The van der Waals surface area contributed by atoms with Gasteiger partial charge in [-0.05, 0) is 98.2 Å². The molecule has 5 aliphatic carbocycles. The number of aliphatic hydroxyl groups excluding tert-OH is 2. The Morgan fingerprint density at radius 1 is 1.03 bits per heavy atom. The number of carbonyl (C=O) groups excluding carboxylic acids is 2. The lowest BCUT2D eigenvalue weighted by molar-refractivity contribution is -0.235. The second-order valence-corrected chi connectivity index (χ2v) is 15.6. The van der Waals surface area contributed by atoms with Crippen molar-refractivity contribution in [2.45, 2.75) is 106 Å². The van der Waals surface area contributed by atoms with Crippen molar-refractivity contribution >= 4 is 11.6 Å². The van der Waals surface area contributed by atoms with Gasteiger partial charge < -0.3 is 10.2 Å². The van der Waals surface area contributed by atoms with Gasteiger partial charge in [-0.2, -0.15) is 5.26 Å². The average Bonchev–Trinajstić information content (AvgIpc) is 2.82. The molecule has 1 unspecified atom stereocenters. The van der Waals surface area contributed by atoms with Crippen LogP contribution in [0.1, 0.15) is 99.8 Å². The fraction of sp³-hybridized carbons (Fsp3) is 0.844. The van der Waals surface area contributed by atoms with Crippen LogP contribution in [0.25, 0.3) is 0 Å². The number of Topliss-reactive ketones (excluding diaryl/α,β-unsaturated/α-hetero) is 1. The van der Waals surface area contributed by atoms with Crippen molar-refractivity contribution in [2.75, 3.05) is 6.61 Å². The molecule has 4 fully saturated rings. The van der Waals surface area contributed by atoms with Gasteiger partial charge in [0.2, 0.25) is 0 Å². The minimum atomic E-state index is -0.788. The Balaban J connectivity index is 1.64. The molecule has 5 nitrogen and oxygen atoms in total. The lowest BCUT2D eigenvalue weighted by Gasteiger charge is -2.72. The number of nitriles is 1. The van der Waals surface area contributed by atoms with Crippen LogP contribution < -0.4 is 0 Å². The molecular formula is C32H48NO4+. The van der Waals surface area contributed by atoms with Gasteiger partial charge in [-0.25, -0.2) is 0 Å². The highest BCUT2D eigenvalue weighted by Gasteiger charge is 2.73. The summed E-state index contributed by atoms with van der Waals surface area (Å²) >= 11 is 0. The second kappa shape index (κ2) is 8.01. The quantitative estimate of drug-likeness (QED) is 0.471. The first-order valence-corrected chi connectivity index (χ1v) is 14.6. The van der Waals surface area contributed by atoms with Crippen molar-refractivity contribution in [3.05, 3.63) is 11.6 Å². The smallest absolute Gasteiger partial charge is 0.339 e. The first-order chi connectivity index (χ1) is 17.0. The van der Waals surface area contributed by atoms with E-state index in [1.807, 2.05) is 6.08 Å². The SMILES string of the molecule is CC1(C)CC[C@]2(C(O)CO)CC[C@]3(C)[C@H](C(=O)C[C@@H]4[C@@]5(C)C=C(C#N)C(=[OH+])C(C)(C)[C@@H]5CC[C@]43C)[C@@H]2C1. The summed E-state index contributed by atoms with van der Waals surface area (Å²) in [5.41, 5.74) is -1.11. The lowest BCUT2D eigenvalue weighted by Crippen LogP contribution is -2.69. The van der Waals surface area contributed by atoms with E-state index in [0.717, 1.165) is 44.9 Å². The summed E-state index contributed by atoms with van der Waals surface area (Å²) in [7, 11) is 0. The molecule has 0 bridgehead atoms. The van der Waals surface area contributed by atoms with Crippen LogP contribution in [-0.2, 0) is 4.79 Å². The van der Waals surface area contributed by atoms with Crippen LogP contribution in [0.4, 0.5) is 0 Å². The topological polar surface area (TPSA) is 103 Å². The third-order valence-electron chi connectivity index (χ3n) is 13.4. The molecule has 5 aliphatic rings. The summed E-state index contributed by atoms with van der Waals surface area (Å²) in [5.74, 6) is 0.702. The third-order valence-corrected chi connectivity index (χ3v) is 13.4. The van der Waals surface area contributed by atoms with E-state index in [1.54, 1.807) is 0 Å². The van der Waals surface area contributed by atoms with Crippen molar-refractivity contribution < 1.29 is 19.8 Å². The van der Waals surface area contributed by atoms with E-state index in [4.69, 9.17) is 0 Å². The highest BCUT2D eigenvalue weighted by atomic mass is 16.3. The van der Waals surface area contributed by atoms with Crippen LogP contribution in [0.2, 0.25) is 0 Å². The summed E-state index contributed by atoms with van der Waals surface area (Å²) < 4.78 is 0. The predicted molar refractivity (Wildman–Crippen MR) is 144 cm³/mol. The van der Waals surface area contributed by atoms with Gasteiger partial charge in [0, 0.05) is 17.8 Å². The molecule has 37 heavy (non-hydrogen) atoms. The van der Waals surface area contributed by atoms with Gasteiger partial charge in [-0.15, -0.1) is 0 Å². The molecule has 0 aromatic rings. The van der Waals surface area contributed by atoms with Crippen LogP contribution in [0.3, 0.4) is 0 Å². The summed E-state index contributed by atoms with van der Waals surface area (Å²) in [6.07, 6.45) is 8.16. The van der Waals surface area contributed by atoms with E-state index >= 15 is 0 Å². The van der Waals surface area contributed by atoms with Crippen molar-refractivity contribution in [1.82, 2.24) is 0 Å². The van der Waals surface area contributed by atoms with Crippen LogP contribution >= 0.6 is 0 Å². The molecule has 0 aliphatic heterocycles. The van der Waals surface area contributed by atoms with Crippen molar-refractivity contribution in [2.24, 2.45) is 56.2 Å². The predicted octanol–water partition coefficient (Wildman–Crippen LogP) is 5.61. The monoisotopic (exact) mass is 510 g/mol. The maximum Gasteiger partial charge on any atom is 0.339 e. The number of allylic oxidation sites excluding steroid dienone is 2. The number of hydrogen-bond donors (Lipinski definition) is 2. The van der Waals surface area contributed by atoms with Crippen molar-refractivity contribution in [3.63, 3.8) is 0 Å². The molecular weight excluding hydrogens is 462 g/mol. The third kappa shape index (κ3) is 3.27. The largest absolute Gasteiger partial charge is 0.394 e. The average molecular weight is 511 g/mol. The molecule has 0 radical (unpaired) electrons. The Morgan fingerprint density at radius 3 is 2.30 bits per heavy atom. The maximum atomic E-state index is 14.5. The molecule has 0 saturated heterocycles. The molecule has 9 atom stereocenters. The molecule has 5 rings (SSSR count). The van der Waals surface area contributed by atoms with Crippen LogP contribution in [-0.4, -0.2) is 39.3 Å². The fourth-order valence-electron chi connectivity index (χ4n) is 11.1. The first-order valence-electron chi connectivity index (χ1n) is 14.6. The van der Waals surface area contributed by atoms with Crippen molar-refractivity contribution in [3.8, 4) is 6.07 Å². The molecule has 3 N–H and O–H groups in total. The number of fused-ring (bicyclic) bond motifs is 7. The number of nitrogens with zero attached hydrogens (tertiary/aromatic N) is 1. The number of rotatable bonds is 2. The van der Waals surface area contributed by atoms with Gasteiger partial charge in [0.15, 0.2) is 0 Å². The lowest BCUT2D eigenvalue weighted by atomic mass is 9.31.